The minimum atomic E-state index is -0.266. The van der Waals surface area contributed by atoms with Crippen molar-refractivity contribution in [2.45, 2.75) is 51.5 Å². The van der Waals surface area contributed by atoms with Gasteiger partial charge in [-0.05, 0) is 31.9 Å². The predicted octanol–water partition coefficient (Wildman–Crippen LogP) is 3.33. The molecule has 0 radical (unpaired) electrons. The Hall–Kier alpha value is -1.84. The van der Waals surface area contributed by atoms with Crippen molar-refractivity contribution in [3.05, 3.63) is 35.4 Å². The van der Waals surface area contributed by atoms with Crippen LogP contribution < -0.4 is 0 Å². The van der Waals surface area contributed by atoms with E-state index < -0.39 is 0 Å². The summed E-state index contributed by atoms with van der Waals surface area (Å²) >= 11 is 0. The third-order valence-corrected chi connectivity index (χ3v) is 4.33. The summed E-state index contributed by atoms with van der Waals surface area (Å²) in [6.07, 6.45) is 5.85. The van der Waals surface area contributed by atoms with Gasteiger partial charge in [0.05, 0.1) is 13.5 Å². The van der Waals surface area contributed by atoms with Crippen molar-refractivity contribution in [3.8, 4) is 0 Å². The summed E-state index contributed by atoms with van der Waals surface area (Å²) in [5.74, 6) is -0.239. The third kappa shape index (κ3) is 4.33. The fourth-order valence-corrected chi connectivity index (χ4v) is 3.10. The molecule has 0 spiro atoms. The highest BCUT2D eigenvalue weighted by Gasteiger charge is 2.26. The average Bonchev–Trinajstić information content (AvgIpc) is 2.55. The molecule has 0 heterocycles. The first kappa shape index (κ1) is 16.5. The molecule has 1 fully saturated rings. The summed E-state index contributed by atoms with van der Waals surface area (Å²) < 4.78 is 4.72. The Bertz CT molecular complexity index is 521. The highest BCUT2D eigenvalue weighted by molar-refractivity contribution is 5.94. The van der Waals surface area contributed by atoms with E-state index in [9.17, 15) is 9.59 Å². The number of hydrogen-bond donors (Lipinski definition) is 0. The third-order valence-electron chi connectivity index (χ3n) is 4.33. The Labute approximate surface area is 132 Å². The molecule has 1 aromatic carbocycles. The van der Waals surface area contributed by atoms with Crippen LogP contribution in [0.25, 0.3) is 0 Å². The summed E-state index contributed by atoms with van der Waals surface area (Å²) in [4.78, 5) is 26.2. The Morgan fingerprint density at radius 1 is 1.23 bits per heavy atom. The molecule has 2 rings (SSSR count). The van der Waals surface area contributed by atoms with Gasteiger partial charge in [0.25, 0.3) is 5.91 Å². The molecule has 0 aliphatic heterocycles. The molecule has 1 aliphatic rings. The van der Waals surface area contributed by atoms with Crippen LogP contribution in [0.2, 0.25) is 0 Å². The van der Waals surface area contributed by atoms with E-state index in [0.717, 1.165) is 31.2 Å². The fraction of sp³-hybridized carbons (Fsp3) is 0.556. The van der Waals surface area contributed by atoms with Gasteiger partial charge in [-0.1, -0.05) is 37.0 Å². The van der Waals surface area contributed by atoms with Crippen LogP contribution in [0.15, 0.2) is 24.3 Å². The van der Waals surface area contributed by atoms with Gasteiger partial charge in [0.2, 0.25) is 0 Å². The molecule has 1 aromatic rings. The summed E-state index contributed by atoms with van der Waals surface area (Å²) in [5.41, 5.74) is 1.78. The van der Waals surface area contributed by atoms with Gasteiger partial charge in [-0.25, -0.2) is 0 Å². The number of hydrogen-bond acceptors (Lipinski definition) is 3. The lowest BCUT2D eigenvalue weighted by molar-refractivity contribution is -0.140. The van der Waals surface area contributed by atoms with E-state index in [2.05, 4.69) is 0 Å². The molecule has 4 heteroatoms. The molecule has 0 saturated heterocycles. The predicted molar refractivity (Wildman–Crippen MR) is 85.7 cm³/mol. The van der Waals surface area contributed by atoms with Crippen LogP contribution in [0.5, 0.6) is 0 Å². The minimum Gasteiger partial charge on any atom is -0.469 e. The number of benzene rings is 1. The number of esters is 1. The number of nitrogens with zero attached hydrogens (tertiary/aromatic N) is 1. The SMILES string of the molecule is COC(=O)CCN(C(=O)c1cccc(C)c1)C1CCCCC1. The largest absolute Gasteiger partial charge is 0.469 e. The van der Waals surface area contributed by atoms with Gasteiger partial charge in [0.15, 0.2) is 0 Å². The van der Waals surface area contributed by atoms with Crippen LogP contribution in [0.1, 0.15) is 54.4 Å². The molecule has 1 aliphatic carbocycles. The van der Waals surface area contributed by atoms with Crippen molar-refractivity contribution in [2.24, 2.45) is 0 Å². The zero-order chi connectivity index (χ0) is 15.9. The first-order valence-corrected chi connectivity index (χ1v) is 8.06. The number of carbonyl (C=O) groups excluding carboxylic acids is 2. The minimum absolute atomic E-state index is 0.0273. The smallest absolute Gasteiger partial charge is 0.307 e. The van der Waals surface area contributed by atoms with Gasteiger partial charge in [-0.15, -0.1) is 0 Å². The van der Waals surface area contributed by atoms with Crippen molar-refractivity contribution >= 4 is 11.9 Å². The van der Waals surface area contributed by atoms with Crippen LogP contribution in [0.3, 0.4) is 0 Å². The monoisotopic (exact) mass is 303 g/mol. The maximum absolute atomic E-state index is 12.9. The number of aryl methyl sites for hydroxylation is 1. The first-order chi connectivity index (χ1) is 10.6. The van der Waals surface area contributed by atoms with E-state index >= 15 is 0 Å². The average molecular weight is 303 g/mol. The van der Waals surface area contributed by atoms with Crippen molar-refractivity contribution in [1.82, 2.24) is 4.90 Å². The van der Waals surface area contributed by atoms with Crippen LogP contribution in [0, 0.1) is 6.92 Å². The second-order valence-electron chi connectivity index (χ2n) is 5.99. The molecule has 22 heavy (non-hydrogen) atoms. The van der Waals surface area contributed by atoms with E-state index in [1.54, 1.807) is 0 Å². The Balaban J connectivity index is 2.14. The second kappa shape index (κ2) is 7.97. The van der Waals surface area contributed by atoms with Gasteiger partial charge in [-0.3, -0.25) is 9.59 Å². The maximum Gasteiger partial charge on any atom is 0.307 e. The Morgan fingerprint density at radius 3 is 2.59 bits per heavy atom. The molecule has 4 nitrogen and oxygen atoms in total. The molecule has 1 amide bonds. The van der Waals surface area contributed by atoms with Gasteiger partial charge >= 0.3 is 5.97 Å². The van der Waals surface area contributed by atoms with E-state index in [-0.39, 0.29) is 24.3 Å². The van der Waals surface area contributed by atoms with E-state index in [4.69, 9.17) is 4.74 Å². The van der Waals surface area contributed by atoms with Crippen LogP contribution in [-0.4, -0.2) is 36.5 Å². The molecular formula is C18H25NO3. The van der Waals surface area contributed by atoms with Gasteiger partial charge < -0.3 is 9.64 Å². The molecule has 120 valence electrons. The molecule has 0 aromatic heterocycles. The number of carbonyl (C=O) groups is 2. The highest BCUT2D eigenvalue weighted by atomic mass is 16.5. The summed E-state index contributed by atoms with van der Waals surface area (Å²) in [6.45, 7) is 2.42. The molecule has 0 atom stereocenters. The Morgan fingerprint density at radius 2 is 1.95 bits per heavy atom. The van der Waals surface area contributed by atoms with E-state index in [1.165, 1.54) is 13.5 Å². The second-order valence-corrected chi connectivity index (χ2v) is 5.99. The summed E-state index contributed by atoms with van der Waals surface area (Å²) in [6, 6.07) is 7.89. The number of ether oxygens (including phenoxy) is 1. The highest BCUT2D eigenvalue weighted by Crippen LogP contribution is 2.24. The molecule has 0 N–H and O–H groups in total. The lowest BCUT2D eigenvalue weighted by atomic mass is 9.93. The lowest BCUT2D eigenvalue weighted by Crippen LogP contribution is -2.42. The van der Waals surface area contributed by atoms with Crippen molar-refractivity contribution in [1.29, 1.82) is 0 Å². The normalized spacial score (nSPS) is 15.4. The Kier molecular flexibility index (Phi) is 5.99. The number of rotatable bonds is 5. The summed E-state index contributed by atoms with van der Waals surface area (Å²) in [5, 5.41) is 0. The number of amides is 1. The zero-order valence-electron chi connectivity index (χ0n) is 13.5. The standard InChI is InChI=1S/C18H25NO3/c1-14-7-6-8-15(13-14)18(21)19(12-11-17(20)22-2)16-9-4-3-5-10-16/h6-8,13,16H,3-5,9-12H2,1-2H3. The summed E-state index contributed by atoms with van der Waals surface area (Å²) in [7, 11) is 1.38. The van der Waals surface area contributed by atoms with Crippen LogP contribution in [-0.2, 0) is 9.53 Å². The van der Waals surface area contributed by atoms with Gasteiger partial charge in [0.1, 0.15) is 0 Å². The van der Waals surface area contributed by atoms with Gasteiger partial charge in [0, 0.05) is 18.2 Å². The molecular weight excluding hydrogens is 278 g/mol. The maximum atomic E-state index is 12.9. The number of methoxy groups -OCH3 is 1. The van der Waals surface area contributed by atoms with E-state index in [0.29, 0.717) is 12.1 Å². The zero-order valence-corrected chi connectivity index (χ0v) is 13.5. The topological polar surface area (TPSA) is 46.6 Å². The van der Waals surface area contributed by atoms with Crippen molar-refractivity contribution in [2.75, 3.05) is 13.7 Å². The molecule has 0 bridgehead atoms. The molecule has 0 unspecified atom stereocenters. The van der Waals surface area contributed by atoms with Crippen LogP contribution >= 0.6 is 0 Å². The quantitative estimate of drug-likeness (QED) is 0.784. The lowest BCUT2D eigenvalue weighted by Gasteiger charge is -2.34. The van der Waals surface area contributed by atoms with Crippen molar-refractivity contribution in [3.63, 3.8) is 0 Å². The van der Waals surface area contributed by atoms with Crippen LogP contribution in [0.4, 0.5) is 0 Å². The van der Waals surface area contributed by atoms with E-state index in [1.807, 2.05) is 36.1 Å². The fourth-order valence-electron chi connectivity index (χ4n) is 3.10. The first-order valence-electron chi connectivity index (χ1n) is 8.06. The van der Waals surface area contributed by atoms with Crippen molar-refractivity contribution < 1.29 is 14.3 Å². The molecule has 1 saturated carbocycles. The van der Waals surface area contributed by atoms with Gasteiger partial charge in [-0.2, -0.15) is 0 Å².